The van der Waals surface area contributed by atoms with E-state index in [0.29, 0.717) is 23.1 Å². The fourth-order valence-corrected chi connectivity index (χ4v) is 4.29. The first-order valence-corrected chi connectivity index (χ1v) is 9.96. The zero-order valence-electron chi connectivity index (χ0n) is 17.6. The Labute approximate surface area is 180 Å². The van der Waals surface area contributed by atoms with Crippen molar-refractivity contribution in [1.82, 2.24) is 4.98 Å². The van der Waals surface area contributed by atoms with Crippen molar-refractivity contribution in [2.45, 2.75) is 0 Å². The summed E-state index contributed by atoms with van der Waals surface area (Å²) in [6, 6.07) is 22.2. The molecule has 0 saturated carbocycles. The quantitative estimate of drug-likeness (QED) is 0.378. The highest BCUT2D eigenvalue weighted by molar-refractivity contribution is 6.23. The van der Waals surface area contributed by atoms with Crippen LogP contribution in [0.2, 0.25) is 0 Å². The fourth-order valence-electron chi connectivity index (χ4n) is 4.29. The van der Waals surface area contributed by atoms with Crippen LogP contribution in [0.4, 0.5) is 5.82 Å². The first-order chi connectivity index (χ1) is 15.2. The van der Waals surface area contributed by atoms with Crippen molar-refractivity contribution in [3.63, 3.8) is 0 Å². The number of nitrogens with two attached hydrogens (primary N) is 1. The third-order valence-corrected chi connectivity index (χ3v) is 5.71. The number of nitrogen functional groups attached to an aromatic ring is 1. The van der Waals surface area contributed by atoms with Crippen LogP contribution < -0.4 is 19.9 Å². The van der Waals surface area contributed by atoms with Gasteiger partial charge in [-0.2, -0.15) is 0 Å². The van der Waals surface area contributed by atoms with Crippen LogP contribution in [-0.4, -0.2) is 26.3 Å². The molecule has 154 valence electrons. The third kappa shape index (κ3) is 2.89. The Bertz CT molecular complexity index is 1440. The van der Waals surface area contributed by atoms with Crippen LogP contribution in [0.25, 0.3) is 43.6 Å². The van der Waals surface area contributed by atoms with Gasteiger partial charge in [0.2, 0.25) is 0 Å². The van der Waals surface area contributed by atoms with Crippen LogP contribution in [0.3, 0.4) is 0 Å². The molecule has 5 aromatic rings. The molecule has 0 unspecified atom stereocenters. The zero-order valence-corrected chi connectivity index (χ0v) is 17.6. The highest BCUT2D eigenvalue weighted by Crippen LogP contribution is 2.47. The summed E-state index contributed by atoms with van der Waals surface area (Å²) in [5.41, 5.74) is 9.04. The summed E-state index contributed by atoms with van der Waals surface area (Å²) in [7, 11) is 4.92. The van der Waals surface area contributed by atoms with Gasteiger partial charge in [0, 0.05) is 28.3 Å². The van der Waals surface area contributed by atoms with Crippen molar-refractivity contribution in [3.05, 3.63) is 66.7 Å². The minimum absolute atomic E-state index is 0.513. The number of fused-ring (bicyclic) bond motifs is 5. The first kappa shape index (κ1) is 19.0. The molecule has 0 spiro atoms. The summed E-state index contributed by atoms with van der Waals surface area (Å²) in [5, 5.41) is 5.06. The van der Waals surface area contributed by atoms with Gasteiger partial charge in [-0.3, -0.25) is 0 Å². The van der Waals surface area contributed by atoms with E-state index in [1.165, 1.54) is 0 Å². The lowest BCUT2D eigenvalue weighted by Crippen LogP contribution is -1.99. The molecule has 0 saturated heterocycles. The normalized spacial score (nSPS) is 11.2. The zero-order chi connectivity index (χ0) is 21.5. The van der Waals surface area contributed by atoms with Gasteiger partial charge in [-0.05, 0) is 22.4 Å². The van der Waals surface area contributed by atoms with Crippen molar-refractivity contribution in [2.75, 3.05) is 27.1 Å². The average molecular weight is 410 g/mol. The summed E-state index contributed by atoms with van der Waals surface area (Å²) in [6.07, 6.45) is 0. The second kappa shape index (κ2) is 7.36. The number of hydrogen-bond acceptors (Lipinski definition) is 5. The molecule has 0 amide bonds. The number of aromatic nitrogens is 1. The second-order valence-electron chi connectivity index (χ2n) is 7.32. The lowest BCUT2D eigenvalue weighted by Gasteiger charge is -2.19. The minimum atomic E-state index is 0.513. The molecule has 0 radical (unpaired) electrons. The highest BCUT2D eigenvalue weighted by atomic mass is 16.5. The van der Waals surface area contributed by atoms with E-state index in [9.17, 15) is 0 Å². The molecule has 1 heterocycles. The molecular weight excluding hydrogens is 388 g/mol. The van der Waals surface area contributed by atoms with E-state index < -0.39 is 0 Å². The average Bonchev–Trinajstić information content (AvgIpc) is 2.82. The van der Waals surface area contributed by atoms with Crippen LogP contribution >= 0.6 is 0 Å². The number of ether oxygens (including phenoxy) is 3. The lowest BCUT2D eigenvalue weighted by atomic mass is 9.91. The van der Waals surface area contributed by atoms with Gasteiger partial charge in [-0.25, -0.2) is 4.98 Å². The summed E-state index contributed by atoms with van der Waals surface area (Å²) in [6.45, 7) is 0. The number of nitrogens with zero attached hydrogens (tertiary/aromatic N) is 1. The fraction of sp³-hybridized carbons (Fsp3) is 0.115. The topological polar surface area (TPSA) is 66.6 Å². The van der Waals surface area contributed by atoms with E-state index in [1.54, 1.807) is 21.3 Å². The molecule has 31 heavy (non-hydrogen) atoms. The van der Waals surface area contributed by atoms with Gasteiger partial charge in [0.15, 0.2) is 0 Å². The van der Waals surface area contributed by atoms with E-state index in [1.807, 2.05) is 42.5 Å². The van der Waals surface area contributed by atoms with E-state index in [4.69, 9.17) is 24.9 Å². The second-order valence-corrected chi connectivity index (χ2v) is 7.32. The molecule has 0 atom stereocenters. The monoisotopic (exact) mass is 410 g/mol. The Morgan fingerprint density at radius 2 is 1.32 bits per heavy atom. The maximum Gasteiger partial charge on any atom is 0.134 e. The minimum Gasteiger partial charge on any atom is -0.496 e. The lowest BCUT2D eigenvalue weighted by molar-refractivity contribution is 0.377. The van der Waals surface area contributed by atoms with Crippen molar-refractivity contribution in [1.29, 1.82) is 0 Å². The number of benzene rings is 4. The number of rotatable bonds is 4. The smallest absolute Gasteiger partial charge is 0.134 e. The molecule has 4 aromatic carbocycles. The predicted molar refractivity (Wildman–Crippen MR) is 126 cm³/mol. The predicted octanol–water partition coefficient (Wildman–Crippen LogP) is 5.82. The van der Waals surface area contributed by atoms with Crippen LogP contribution in [0, 0.1) is 0 Å². The molecule has 0 aliphatic heterocycles. The number of hydrogen-bond donors (Lipinski definition) is 1. The molecular formula is C26H22N2O3. The van der Waals surface area contributed by atoms with Crippen LogP contribution in [-0.2, 0) is 0 Å². The van der Waals surface area contributed by atoms with Gasteiger partial charge in [-0.15, -0.1) is 0 Å². The standard InChI is InChI=1S/C26H22N2O3/c1-29-16-13-21(30-2)24(22(14-16)31-3)20-12-15-8-4-5-9-17(15)25-23(20)18-10-6-7-11-19(18)26(27)28-25/h4-14H,1-3H3,(H2,27,28). The Balaban J connectivity index is 2.05. The molecule has 5 heteroatoms. The first-order valence-electron chi connectivity index (χ1n) is 9.96. The molecule has 5 rings (SSSR count). The molecule has 5 nitrogen and oxygen atoms in total. The maximum absolute atomic E-state index is 6.38. The summed E-state index contributed by atoms with van der Waals surface area (Å²) >= 11 is 0. The highest BCUT2D eigenvalue weighted by Gasteiger charge is 2.21. The van der Waals surface area contributed by atoms with Gasteiger partial charge in [-0.1, -0.05) is 48.5 Å². The van der Waals surface area contributed by atoms with Gasteiger partial charge >= 0.3 is 0 Å². The largest absolute Gasteiger partial charge is 0.496 e. The van der Waals surface area contributed by atoms with Crippen molar-refractivity contribution in [3.8, 4) is 28.4 Å². The third-order valence-electron chi connectivity index (χ3n) is 5.71. The number of pyridine rings is 1. The molecule has 0 aliphatic rings. The van der Waals surface area contributed by atoms with Crippen molar-refractivity contribution < 1.29 is 14.2 Å². The van der Waals surface area contributed by atoms with Crippen LogP contribution in [0.1, 0.15) is 0 Å². The SMILES string of the molecule is COc1cc(OC)c(-c2cc3ccccc3c3nc(N)c4ccccc4c23)c(OC)c1. The molecule has 2 N–H and O–H groups in total. The van der Waals surface area contributed by atoms with Gasteiger partial charge in [0.1, 0.15) is 23.1 Å². The number of anilines is 1. The van der Waals surface area contributed by atoms with E-state index in [-0.39, 0.29) is 0 Å². The molecule has 0 fully saturated rings. The van der Waals surface area contributed by atoms with Crippen LogP contribution in [0.15, 0.2) is 66.7 Å². The molecule has 0 bridgehead atoms. The Morgan fingerprint density at radius 1 is 0.710 bits per heavy atom. The maximum atomic E-state index is 6.38. The Hall–Kier alpha value is -3.99. The van der Waals surface area contributed by atoms with Gasteiger partial charge in [0.05, 0.1) is 32.4 Å². The van der Waals surface area contributed by atoms with E-state index in [0.717, 1.165) is 43.6 Å². The number of methoxy groups -OCH3 is 3. The van der Waals surface area contributed by atoms with Crippen molar-refractivity contribution >= 4 is 38.3 Å². The van der Waals surface area contributed by atoms with Crippen LogP contribution in [0.5, 0.6) is 17.2 Å². The summed E-state index contributed by atoms with van der Waals surface area (Å²) in [5.74, 6) is 2.50. The van der Waals surface area contributed by atoms with Crippen molar-refractivity contribution in [2.24, 2.45) is 0 Å². The Kier molecular flexibility index (Phi) is 4.51. The summed E-state index contributed by atoms with van der Waals surface area (Å²) < 4.78 is 17.0. The van der Waals surface area contributed by atoms with Gasteiger partial charge in [0.25, 0.3) is 0 Å². The molecule has 1 aromatic heterocycles. The summed E-state index contributed by atoms with van der Waals surface area (Å²) in [4.78, 5) is 4.83. The van der Waals surface area contributed by atoms with Gasteiger partial charge < -0.3 is 19.9 Å². The Morgan fingerprint density at radius 3 is 1.97 bits per heavy atom. The van der Waals surface area contributed by atoms with E-state index in [2.05, 4.69) is 24.3 Å². The van der Waals surface area contributed by atoms with E-state index >= 15 is 0 Å². The molecule has 0 aliphatic carbocycles.